The van der Waals surface area contributed by atoms with Crippen molar-refractivity contribution in [2.24, 2.45) is 0 Å². The number of halogens is 2. The van der Waals surface area contributed by atoms with Gasteiger partial charge in [0.2, 0.25) is 11.8 Å². The van der Waals surface area contributed by atoms with Crippen molar-refractivity contribution in [3.63, 3.8) is 0 Å². The van der Waals surface area contributed by atoms with Crippen LogP contribution >= 0.6 is 23.2 Å². The predicted octanol–water partition coefficient (Wildman–Crippen LogP) is 3.52. The van der Waals surface area contributed by atoms with Crippen molar-refractivity contribution in [3.05, 3.63) is 63.6 Å². The third-order valence-electron chi connectivity index (χ3n) is 4.61. The number of aryl methyl sites for hydroxylation is 1. The molecule has 1 aliphatic heterocycles. The van der Waals surface area contributed by atoms with E-state index in [1.54, 1.807) is 25.1 Å². The van der Waals surface area contributed by atoms with Gasteiger partial charge in [-0.25, -0.2) is 9.91 Å². The van der Waals surface area contributed by atoms with Gasteiger partial charge in [-0.15, -0.1) is 0 Å². The summed E-state index contributed by atoms with van der Waals surface area (Å²) in [6.07, 6.45) is -0.238. The molecule has 0 radical (unpaired) electrons. The quantitative estimate of drug-likeness (QED) is 0.573. The van der Waals surface area contributed by atoms with Crippen LogP contribution in [0.1, 0.15) is 35.7 Å². The molecule has 1 fully saturated rings. The van der Waals surface area contributed by atoms with Gasteiger partial charge in [0.1, 0.15) is 6.04 Å². The molecule has 1 atom stereocenters. The fourth-order valence-electron chi connectivity index (χ4n) is 3.20. The van der Waals surface area contributed by atoms with Gasteiger partial charge < -0.3 is 0 Å². The van der Waals surface area contributed by atoms with Gasteiger partial charge in [0.25, 0.3) is 11.8 Å². The van der Waals surface area contributed by atoms with Crippen LogP contribution in [-0.4, -0.2) is 34.7 Å². The highest BCUT2D eigenvalue weighted by Gasteiger charge is 2.45. The number of anilines is 1. The molecule has 0 spiro atoms. The minimum atomic E-state index is -1.17. The first-order valence-corrected chi connectivity index (χ1v) is 9.99. The first-order valence-electron chi connectivity index (χ1n) is 9.24. The minimum Gasteiger partial charge on any atom is -0.274 e. The van der Waals surface area contributed by atoms with Gasteiger partial charge in [0.05, 0.1) is 12.1 Å². The highest BCUT2D eigenvalue weighted by molar-refractivity contribution is 6.35. The van der Waals surface area contributed by atoms with Crippen LogP contribution < -0.4 is 10.3 Å². The molecule has 0 aliphatic carbocycles. The molecule has 1 unspecified atom stereocenters. The average molecular weight is 448 g/mol. The van der Waals surface area contributed by atoms with E-state index in [2.05, 4.69) is 5.43 Å². The summed E-state index contributed by atoms with van der Waals surface area (Å²) in [7, 11) is 0. The number of rotatable bonds is 4. The van der Waals surface area contributed by atoms with Gasteiger partial charge in [-0.1, -0.05) is 47.8 Å². The van der Waals surface area contributed by atoms with Crippen molar-refractivity contribution in [2.45, 2.75) is 32.7 Å². The van der Waals surface area contributed by atoms with Gasteiger partial charge in [0.15, 0.2) is 0 Å². The zero-order valence-electron chi connectivity index (χ0n) is 16.3. The second-order valence-corrected chi connectivity index (χ2v) is 7.72. The lowest BCUT2D eigenvalue weighted by Crippen LogP contribution is -2.54. The number of nitrogens with zero attached hydrogens (tertiary/aromatic N) is 2. The Labute approximate surface area is 183 Å². The lowest BCUT2D eigenvalue weighted by molar-refractivity contribution is -0.140. The van der Waals surface area contributed by atoms with Gasteiger partial charge in [0, 0.05) is 22.0 Å². The summed E-state index contributed by atoms with van der Waals surface area (Å²) in [5.41, 5.74) is 3.90. The maximum absolute atomic E-state index is 13.0. The molecule has 7 nitrogen and oxygen atoms in total. The molecule has 9 heteroatoms. The number of hydrazine groups is 1. The Hall–Kier alpha value is -2.90. The van der Waals surface area contributed by atoms with E-state index in [1.807, 2.05) is 13.0 Å². The van der Waals surface area contributed by atoms with Crippen molar-refractivity contribution in [1.29, 1.82) is 0 Å². The maximum atomic E-state index is 13.0. The molecule has 4 amide bonds. The van der Waals surface area contributed by atoms with E-state index < -0.39 is 29.7 Å². The van der Waals surface area contributed by atoms with Crippen LogP contribution in [0.2, 0.25) is 10.0 Å². The van der Waals surface area contributed by atoms with Gasteiger partial charge >= 0.3 is 0 Å². The highest BCUT2D eigenvalue weighted by Crippen LogP contribution is 2.30. The molecule has 1 aliphatic rings. The normalized spacial score (nSPS) is 16.0. The first-order chi connectivity index (χ1) is 14.2. The number of hydrogen-bond acceptors (Lipinski definition) is 4. The molecule has 2 aromatic rings. The monoisotopic (exact) mass is 447 g/mol. The third-order valence-corrected chi connectivity index (χ3v) is 5.05. The SMILES string of the molecule is CCC(=O)N(NC(=O)c1cccc(C)c1)C1CC(=O)N(c2cc(Cl)cc(Cl)c2)C1=O. The zero-order valence-corrected chi connectivity index (χ0v) is 17.8. The van der Waals surface area contributed by atoms with Crippen molar-refractivity contribution in [1.82, 2.24) is 10.4 Å². The minimum absolute atomic E-state index is 0.0368. The summed E-state index contributed by atoms with van der Waals surface area (Å²) >= 11 is 12.0. The molecular weight excluding hydrogens is 429 g/mol. The van der Waals surface area contributed by atoms with Crippen LogP contribution in [0, 0.1) is 6.92 Å². The molecule has 0 saturated carbocycles. The number of carbonyl (C=O) groups excluding carboxylic acids is 4. The highest BCUT2D eigenvalue weighted by atomic mass is 35.5. The molecule has 2 aromatic carbocycles. The number of benzene rings is 2. The van der Waals surface area contributed by atoms with Crippen LogP contribution in [0.25, 0.3) is 0 Å². The number of nitrogens with one attached hydrogen (secondary N) is 1. The summed E-state index contributed by atoms with van der Waals surface area (Å²) in [5, 5.41) is 1.46. The number of carbonyl (C=O) groups is 4. The molecule has 1 heterocycles. The fraction of sp³-hybridized carbons (Fsp3) is 0.238. The Balaban J connectivity index is 1.89. The lowest BCUT2D eigenvalue weighted by Gasteiger charge is -2.27. The second-order valence-electron chi connectivity index (χ2n) is 6.84. The van der Waals surface area contributed by atoms with Crippen LogP contribution in [-0.2, 0) is 14.4 Å². The molecule has 1 saturated heterocycles. The van der Waals surface area contributed by atoms with Crippen molar-refractivity contribution in [2.75, 3.05) is 4.90 Å². The van der Waals surface area contributed by atoms with E-state index >= 15 is 0 Å². The van der Waals surface area contributed by atoms with Gasteiger partial charge in [-0.2, -0.15) is 0 Å². The summed E-state index contributed by atoms with van der Waals surface area (Å²) in [5.74, 6) is -2.22. The van der Waals surface area contributed by atoms with E-state index in [-0.39, 0.29) is 28.6 Å². The van der Waals surface area contributed by atoms with Crippen LogP contribution in [0.5, 0.6) is 0 Å². The predicted molar refractivity (Wildman–Crippen MR) is 113 cm³/mol. The van der Waals surface area contributed by atoms with E-state index in [0.29, 0.717) is 5.56 Å². The van der Waals surface area contributed by atoms with Crippen molar-refractivity contribution < 1.29 is 19.2 Å². The summed E-state index contributed by atoms with van der Waals surface area (Å²) in [6.45, 7) is 3.43. The average Bonchev–Trinajstić information content (AvgIpc) is 2.98. The standard InChI is InChI=1S/C21H19Cl2N3O4/c1-3-18(27)26(24-20(29)13-6-4-5-12(2)7-13)17-11-19(28)25(21(17)30)16-9-14(22)8-15(23)10-16/h4-10,17H,3,11H2,1-2H3,(H,24,29). The van der Waals surface area contributed by atoms with Gasteiger partial charge in [-0.05, 0) is 37.3 Å². The number of amides is 4. The molecular formula is C21H19Cl2N3O4. The van der Waals surface area contributed by atoms with E-state index in [4.69, 9.17) is 23.2 Å². The molecule has 3 rings (SSSR count). The summed E-state index contributed by atoms with van der Waals surface area (Å²) in [6, 6.07) is 9.97. The maximum Gasteiger partial charge on any atom is 0.269 e. The molecule has 0 bridgehead atoms. The Morgan fingerprint density at radius 3 is 2.40 bits per heavy atom. The Morgan fingerprint density at radius 2 is 1.80 bits per heavy atom. The zero-order chi connectivity index (χ0) is 22.0. The molecule has 156 valence electrons. The number of hydrogen-bond donors (Lipinski definition) is 1. The largest absolute Gasteiger partial charge is 0.274 e. The summed E-state index contributed by atoms with van der Waals surface area (Å²) in [4.78, 5) is 51.8. The Kier molecular flexibility index (Phi) is 6.43. The third kappa shape index (κ3) is 4.47. The topological polar surface area (TPSA) is 86.8 Å². The Morgan fingerprint density at radius 1 is 1.13 bits per heavy atom. The molecule has 0 aromatic heterocycles. The van der Waals surface area contributed by atoms with E-state index in [0.717, 1.165) is 15.5 Å². The van der Waals surface area contributed by atoms with Gasteiger partial charge in [-0.3, -0.25) is 24.6 Å². The van der Waals surface area contributed by atoms with E-state index in [9.17, 15) is 19.2 Å². The van der Waals surface area contributed by atoms with Crippen LogP contribution in [0.15, 0.2) is 42.5 Å². The Bertz CT molecular complexity index is 1020. The van der Waals surface area contributed by atoms with Crippen molar-refractivity contribution >= 4 is 52.5 Å². The fourth-order valence-corrected chi connectivity index (χ4v) is 3.72. The van der Waals surface area contributed by atoms with Crippen LogP contribution in [0.4, 0.5) is 5.69 Å². The second kappa shape index (κ2) is 8.85. The molecule has 30 heavy (non-hydrogen) atoms. The summed E-state index contributed by atoms with van der Waals surface area (Å²) < 4.78 is 0. The smallest absolute Gasteiger partial charge is 0.269 e. The van der Waals surface area contributed by atoms with E-state index in [1.165, 1.54) is 18.2 Å². The molecule has 1 N–H and O–H groups in total. The van der Waals surface area contributed by atoms with Crippen LogP contribution in [0.3, 0.4) is 0 Å². The van der Waals surface area contributed by atoms with Crippen molar-refractivity contribution in [3.8, 4) is 0 Å². The first kappa shape index (κ1) is 21.8. The number of imide groups is 1. The lowest BCUT2D eigenvalue weighted by atomic mass is 10.1.